The number of Topliss-reactive ketones (excluding diaryl/α,β-unsaturated/α-hetero) is 1. The van der Waals surface area contributed by atoms with Gasteiger partial charge in [-0.15, -0.1) is 0 Å². The second-order valence-corrected chi connectivity index (χ2v) is 9.88. The van der Waals surface area contributed by atoms with E-state index in [1.807, 2.05) is 0 Å². The second kappa shape index (κ2) is 7.23. The minimum atomic E-state index is -3.32. The van der Waals surface area contributed by atoms with Crippen LogP contribution in [-0.4, -0.2) is 44.9 Å². The fourth-order valence-electron chi connectivity index (χ4n) is 3.78. The van der Waals surface area contributed by atoms with Crippen molar-refractivity contribution in [1.29, 1.82) is 0 Å². The topological polar surface area (TPSA) is 62.1 Å². The minimum absolute atomic E-state index is 0.0611. The molecule has 0 aromatic heterocycles. The van der Waals surface area contributed by atoms with Crippen LogP contribution in [0.3, 0.4) is 0 Å². The highest BCUT2D eigenvalue weighted by atomic mass is 32.2. The van der Waals surface area contributed by atoms with Crippen LogP contribution in [0.4, 0.5) is 13.2 Å². The molecule has 0 amide bonds. The van der Waals surface area contributed by atoms with Gasteiger partial charge in [0.05, 0.1) is 18.7 Å². The number of aliphatic imine (C=N–C) groups is 1. The summed E-state index contributed by atoms with van der Waals surface area (Å²) in [7, 11) is -3.32. The van der Waals surface area contributed by atoms with E-state index in [0.29, 0.717) is 5.56 Å². The number of fused-ring (bicyclic) bond motifs is 1. The molecule has 5 nitrogen and oxygen atoms in total. The van der Waals surface area contributed by atoms with Gasteiger partial charge in [-0.3, -0.25) is 14.1 Å². The maximum absolute atomic E-state index is 14.6. The van der Waals surface area contributed by atoms with E-state index >= 15 is 0 Å². The van der Waals surface area contributed by atoms with Crippen LogP contribution >= 0.6 is 0 Å². The standard InChI is InChI=1S/C21H20F3N3O2S/c1-20(16-9-5-6-10-17(16)22)14-30(29)25-12-21(23,24)13-27(30)19(26-20)11-18(28)15-7-3-2-4-8-15/h2-10H,11-14H2,1H3/t20-,30?/m0/s1. The van der Waals surface area contributed by atoms with Gasteiger partial charge in [0.1, 0.15) is 33.7 Å². The summed E-state index contributed by atoms with van der Waals surface area (Å²) in [4.78, 5) is 17.3. The first kappa shape index (κ1) is 20.6. The first-order chi connectivity index (χ1) is 14.1. The average Bonchev–Trinajstić information content (AvgIpc) is 2.70. The largest absolute Gasteiger partial charge is 0.294 e. The Hall–Kier alpha value is -2.68. The number of ketones is 1. The summed E-state index contributed by atoms with van der Waals surface area (Å²) in [5.74, 6) is -4.39. The number of amidine groups is 1. The number of rotatable bonds is 4. The smallest absolute Gasteiger partial charge is 0.286 e. The van der Waals surface area contributed by atoms with E-state index in [4.69, 9.17) is 0 Å². The Labute approximate surface area is 172 Å². The molecule has 0 N–H and O–H groups in total. The van der Waals surface area contributed by atoms with Gasteiger partial charge in [-0.05, 0) is 13.0 Å². The van der Waals surface area contributed by atoms with Gasteiger partial charge in [0.25, 0.3) is 5.92 Å². The van der Waals surface area contributed by atoms with Gasteiger partial charge < -0.3 is 0 Å². The molecule has 0 radical (unpaired) electrons. The van der Waals surface area contributed by atoms with Gasteiger partial charge in [-0.1, -0.05) is 48.5 Å². The molecule has 0 fully saturated rings. The molecular formula is C21H20F3N3O2S. The van der Waals surface area contributed by atoms with Crippen molar-refractivity contribution in [3.63, 3.8) is 0 Å². The predicted molar refractivity (Wildman–Crippen MR) is 109 cm³/mol. The summed E-state index contributed by atoms with van der Waals surface area (Å²) < 4.78 is 61.1. The molecule has 0 bridgehead atoms. The second-order valence-electron chi connectivity index (χ2n) is 7.68. The highest BCUT2D eigenvalue weighted by Gasteiger charge is 2.48. The SMILES string of the molecule is C[C@@]1(c2ccccc2F)CS2(=O)=NCC(F)(F)CN2C(CC(=O)c2ccccc2)=N1. The van der Waals surface area contributed by atoms with Crippen LogP contribution in [0.25, 0.3) is 0 Å². The Balaban J connectivity index is 1.82. The third-order valence-corrected chi connectivity index (χ3v) is 7.72. The molecule has 2 heterocycles. The summed E-state index contributed by atoms with van der Waals surface area (Å²) in [6.45, 7) is -0.135. The molecule has 9 heteroatoms. The lowest BCUT2D eigenvalue weighted by atomic mass is 9.93. The van der Waals surface area contributed by atoms with Crippen LogP contribution in [0.5, 0.6) is 0 Å². The van der Waals surface area contributed by atoms with E-state index in [-0.39, 0.29) is 29.4 Å². The van der Waals surface area contributed by atoms with Crippen LogP contribution < -0.4 is 0 Å². The van der Waals surface area contributed by atoms with E-state index in [9.17, 15) is 22.2 Å². The molecule has 1 unspecified atom stereocenters. The normalized spacial score (nSPS) is 27.6. The van der Waals surface area contributed by atoms with Crippen molar-refractivity contribution in [2.45, 2.75) is 24.8 Å². The molecular weight excluding hydrogens is 415 g/mol. The van der Waals surface area contributed by atoms with E-state index in [1.165, 1.54) is 18.2 Å². The number of nitrogens with zero attached hydrogens (tertiary/aromatic N) is 3. The zero-order valence-electron chi connectivity index (χ0n) is 16.2. The molecule has 2 atom stereocenters. The van der Waals surface area contributed by atoms with Crippen molar-refractivity contribution in [3.8, 4) is 0 Å². The van der Waals surface area contributed by atoms with E-state index in [2.05, 4.69) is 9.36 Å². The van der Waals surface area contributed by atoms with Crippen LogP contribution in [0.2, 0.25) is 0 Å². The number of hydrogen-bond donors (Lipinski definition) is 0. The molecule has 158 valence electrons. The van der Waals surface area contributed by atoms with Crippen LogP contribution in [-0.2, 0) is 15.5 Å². The summed E-state index contributed by atoms with van der Waals surface area (Å²) in [5, 5.41) is 0. The molecule has 2 aliphatic heterocycles. The summed E-state index contributed by atoms with van der Waals surface area (Å²) in [5.41, 5.74) is -0.739. The first-order valence-corrected chi connectivity index (χ1v) is 11.0. The highest BCUT2D eigenvalue weighted by molar-refractivity contribution is 7.92. The molecule has 0 spiro atoms. The number of benzene rings is 2. The molecule has 4 rings (SSSR count). The van der Waals surface area contributed by atoms with Crippen LogP contribution in [0, 0.1) is 5.82 Å². The Morgan fingerprint density at radius 2 is 1.80 bits per heavy atom. The molecule has 2 aromatic rings. The quantitative estimate of drug-likeness (QED) is 0.680. The average molecular weight is 435 g/mol. The van der Waals surface area contributed by atoms with Gasteiger partial charge >= 0.3 is 0 Å². The maximum Gasteiger partial charge on any atom is 0.286 e. The lowest BCUT2D eigenvalue weighted by Gasteiger charge is -2.43. The van der Waals surface area contributed by atoms with Crippen molar-refractivity contribution >= 4 is 21.5 Å². The molecule has 0 saturated carbocycles. The molecule has 30 heavy (non-hydrogen) atoms. The number of hydrogen-bond acceptors (Lipinski definition) is 4. The minimum Gasteiger partial charge on any atom is -0.294 e. The van der Waals surface area contributed by atoms with Gasteiger partial charge in [0.15, 0.2) is 5.78 Å². The Morgan fingerprint density at radius 3 is 2.50 bits per heavy atom. The Bertz CT molecular complexity index is 1140. The zero-order valence-corrected chi connectivity index (χ0v) is 17.0. The number of alkyl halides is 2. The zero-order chi connectivity index (χ0) is 21.6. The maximum atomic E-state index is 14.6. The monoisotopic (exact) mass is 435 g/mol. The Morgan fingerprint density at radius 1 is 1.13 bits per heavy atom. The molecule has 0 saturated heterocycles. The third-order valence-electron chi connectivity index (χ3n) is 5.22. The van der Waals surface area contributed by atoms with Crippen molar-refractivity contribution in [2.24, 2.45) is 9.36 Å². The highest BCUT2D eigenvalue weighted by Crippen LogP contribution is 2.38. The fourth-order valence-corrected chi connectivity index (χ4v) is 6.33. The van der Waals surface area contributed by atoms with Gasteiger partial charge in [0.2, 0.25) is 0 Å². The van der Waals surface area contributed by atoms with Crippen molar-refractivity contribution in [1.82, 2.24) is 4.31 Å². The molecule has 2 aliphatic rings. The van der Waals surface area contributed by atoms with Crippen molar-refractivity contribution < 1.29 is 22.2 Å². The summed E-state index contributed by atoms with van der Waals surface area (Å²) in [6.07, 6.45) is -0.337. The van der Waals surface area contributed by atoms with Crippen molar-refractivity contribution in [3.05, 3.63) is 71.5 Å². The van der Waals surface area contributed by atoms with Gasteiger partial charge in [-0.25, -0.2) is 21.7 Å². The number of carbonyl (C=O) groups is 1. The van der Waals surface area contributed by atoms with Crippen molar-refractivity contribution in [2.75, 3.05) is 18.8 Å². The van der Waals surface area contributed by atoms with Gasteiger partial charge in [0, 0.05) is 11.1 Å². The molecule has 0 aliphatic carbocycles. The summed E-state index contributed by atoms with van der Waals surface area (Å²) >= 11 is 0. The van der Waals surface area contributed by atoms with E-state index in [0.717, 1.165) is 4.31 Å². The lowest BCUT2D eigenvalue weighted by molar-refractivity contribution is -0.000506. The molecule has 2 aromatic carbocycles. The van der Waals surface area contributed by atoms with Gasteiger partial charge in [-0.2, -0.15) is 0 Å². The summed E-state index contributed by atoms with van der Waals surface area (Å²) in [6, 6.07) is 14.3. The fraction of sp³-hybridized carbons (Fsp3) is 0.333. The third kappa shape index (κ3) is 3.74. The van der Waals surface area contributed by atoms with Crippen LogP contribution in [0.15, 0.2) is 64.0 Å². The Kier molecular flexibility index (Phi) is 4.96. The van der Waals surface area contributed by atoms with Crippen LogP contribution in [0.1, 0.15) is 29.3 Å². The number of halogens is 3. The van der Waals surface area contributed by atoms with E-state index < -0.39 is 40.3 Å². The van der Waals surface area contributed by atoms with E-state index in [1.54, 1.807) is 43.3 Å². The first-order valence-electron chi connectivity index (χ1n) is 9.40. The predicted octanol–water partition coefficient (Wildman–Crippen LogP) is 4.06. The lowest BCUT2D eigenvalue weighted by Crippen LogP contribution is -2.56. The number of carbonyl (C=O) groups excluding carboxylic acids is 1.